The van der Waals surface area contributed by atoms with E-state index in [1.54, 1.807) is 0 Å². The van der Waals surface area contributed by atoms with E-state index < -0.39 is 97.5 Å². The molecule has 0 aromatic rings. The first-order valence-corrected chi connectivity index (χ1v) is 45.0. The summed E-state index contributed by atoms with van der Waals surface area (Å²) in [5.74, 6) is -0.653. The van der Waals surface area contributed by atoms with E-state index in [-0.39, 0.29) is 25.7 Å². The molecule has 0 bridgehead atoms. The van der Waals surface area contributed by atoms with Gasteiger partial charge in [0, 0.05) is 25.7 Å². The zero-order valence-electron chi connectivity index (χ0n) is 65.5. The Hall–Kier alpha value is -1.94. The van der Waals surface area contributed by atoms with Gasteiger partial charge in [-0.3, -0.25) is 37.3 Å². The van der Waals surface area contributed by atoms with Crippen LogP contribution in [0.2, 0.25) is 0 Å². The number of aliphatic hydroxyl groups is 1. The van der Waals surface area contributed by atoms with Crippen molar-refractivity contribution in [1.29, 1.82) is 0 Å². The van der Waals surface area contributed by atoms with Gasteiger partial charge in [0.15, 0.2) is 12.2 Å². The van der Waals surface area contributed by atoms with E-state index >= 15 is 0 Å². The molecule has 2 unspecified atom stereocenters. The van der Waals surface area contributed by atoms with E-state index in [0.29, 0.717) is 31.6 Å². The zero-order valence-corrected chi connectivity index (χ0v) is 67.3. The molecule has 594 valence electrons. The molecule has 0 spiro atoms. The topological polar surface area (TPSA) is 237 Å². The van der Waals surface area contributed by atoms with Crippen molar-refractivity contribution in [3.05, 3.63) is 0 Å². The molecular formula is C81H158O17P2. The highest BCUT2D eigenvalue weighted by atomic mass is 31.2. The Morgan fingerprint density at radius 2 is 0.460 bits per heavy atom. The molecule has 0 amide bonds. The van der Waals surface area contributed by atoms with E-state index in [0.717, 1.165) is 102 Å². The van der Waals surface area contributed by atoms with Crippen LogP contribution in [-0.2, 0) is 65.4 Å². The third-order valence-corrected chi connectivity index (χ3v) is 20.9. The number of esters is 4. The quantitative estimate of drug-likeness (QED) is 0.0222. The predicted molar refractivity (Wildman–Crippen MR) is 409 cm³/mol. The summed E-state index contributed by atoms with van der Waals surface area (Å²) in [6.45, 7) is 9.57. The maximum atomic E-state index is 13.1. The highest BCUT2D eigenvalue weighted by Gasteiger charge is 2.30. The van der Waals surface area contributed by atoms with Crippen molar-refractivity contribution in [3.63, 3.8) is 0 Å². The van der Waals surface area contributed by atoms with Crippen molar-refractivity contribution < 1.29 is 80.2 Å². The second-order valence-corrected chi connectivity index (χ2v) is 33.0. The van der Waals surface area contributed by atoms with Crippen molar-refractivity contribution in [2.24, 2.45) is 11.8 Å². The number of hydrogen-bond acceptors (Lipinski definition) is 15. The van der Waals surface area contributed by atoms with Gasteiger partial charge in [-0.1, -0.05) is 375 Å². The Kier molecular flexibility index (Phi) is 71.2. The number of carbonyl (C=O) groups excluding carboxylic acids is 4. The highest BCUT2D eigenvalue weighted by Crippen LogP contribution is 2.45. The van der Waals surface area contributed by atoms with Gasteiger partial charge in [0.1, 0.15) is 19.3 Å². The van der Waals surface area contributed by atoms with Crippen molar-refractivity contribution in [2.45, 2.75) is 445 Å². The standard InChI is InChI=1S/C81H158O17P2/c1-7-9-11-13-15-17-19-21-23-25-27-29-31-33-35-40-46-53-59-65-80(85)97-76(69-91-78(83)63-57-51-45-39-34-32-30-28-26-24-22-20-18-16-14-12-10-8-2)71-95-99(87,88)93-67-75(82)68-94-100(89,90)96-72-77(70-92-79(84)64-58-52-48-42-44-50-56-62-74(5)6)98-81(86)66-60-54-47-41-37-36-38-43-49-55-61-73(3)4/h73-77,82H,7-72H2,1-6H3,(H,87,88)(H,89,90)/t75-,76-,77-/m1/s1. The van der Waals surface area contributed by atoms with E-state index in [9.17, 15) is 43.2 Å². The SMILES string of the molecule is CCCCCCCCCCCCCCCCCCCCCC(=O)O[C@H](COC(=O)CCCCCCCCCCCCCCCCCCCC)COP(=O)(O)OC[C@@H](O)COP(=O)(O)OC[C@@H](COC(=O)CCCCCCCCCC(C)C)OC(=O)CCCCCCCCCCCCC(C)C. The number of carbonyl (C=O) groups is 4. The fraction of sp³-hybridized carbons (Fsp3) is 0.951. The Morgan fingerprint density at radius 3 is 0.680 bits per heavy atom. The van der Waals surface area contributed by atoms with E-state index in [2.05, 4.69) is 41.5 Å². The summed E-state index contributed by atoms with van der Waals surface area (Å²) >= 11 is 0. The average molecular weight is 1470 g/mol. The Morgan fingerprint density at radius 1 is 0.270 bits per heavy atom. The van der Waals surface area contributed by atoms with Crippen molar-refractivity contribution in [3.8, 4) is 0 Å². The van der Waals surface area contributed by atoms with Crippen LogP contribution < -0.4 is 0 Å². The molecule has 0 saturated carbocycles. The molecule has 0 radical (unpaired) electrons. The summed E-state index contributed by atoms with van der Waals surface area (Å²) < 4.78 is 68.7. The third kappa shape index (κ3) is 74.3. The van der Waals surface area contributed by atoms with Crippen LogP contribution in [0.1, 0.15) is 427 Å². The van der Waals surface area contributed by atoms with Gasteiger partial charge in [-0.05, 0) is 37.5 Å². The summed E-state index contributed by atoms with van der Waals surface area (Å²) in [4.78, 5) is 73.0. The maximum Gasteiger partial charge on any atom is 0.472 e. The van der Waals surface area contributed by atoms with Crippen molar-refractivity contribution >= 4 is 39.5 Å². The maximum absolute atomic E-state index is 13.1. The van der Waals surface area contributed by atoms with E-state index in [1.165, 1.54) is 238 Å². The van der Waals surface area contributed by atoms with Crippen LogP contribution in [0.4, 0.5) is 0 Å². The molecule has 0 aliphatic rings. The van der Waals surface area contributed by atoms with Crippen LogP contribution in [0.25, 0.3) is 0 Å². The molecule has 3 N–H and O–H groups in total. The molecule has 0 aromatic heterocycles. The smallest absolute Gasteiger partial charge is 0.462 e. The minimum Gasteiger partial charge on any atom is -0.462 e. The summed E-state index contributed by atoms with van der Waals surface area (Å²) in [6.07, 6.45) is 62.6. The fourth-order valence-corrected chi connectivity index (χ4v) is 14.1. The van der Waals surface area contributed by atoms with Crippen LogP contribution in [0.5, 0.6) is 0 Å². The van der Waals surface area contributed by atoms with Gasteiger partial charge in [0.2, 0.25) is 0 Å². The van der Waals surface area contributed by atoms with Gasteiger partial charge in [-0.2, -0.15) is 0 Å². The average Bonchev–Trinajstić information content (AvgIpc) is 0.940. The number of phosphoric acid groups is 2. The Labute approximate surface area is 613 Å². The van der Waals surface area contributed by atoms with Gasteiger partial charge >= 0.3 is 39.5 Å². The van der Waals surface area contributed by atoms with E-state index in [4.69, 9.17) is 37.0 Å². The molecule has 0 aromatic carbocycles. The molecular weight excluding hydrogens is 1310 g/mol. The largest absolute Gasteiger partial charge is 0.472 e. The molecule has 19 heteroatoms. The van der Waals surface area contributed by atoms with Crippen LogP contribution in [0, 0.1) is 11.8 Å². The van der Waals surface area contributed by atoms with E-state index in [1.807, 2.05) is 0 Å². The van der Waals surface area contributed by atoms with Crippen LogP contribution >= 0.6 is 15.6 Å². The Bertz CT molecular complexity index is 1920. The normalized spacial score (nSPS) is 13.9. The molecule has 0 saturated heterocycles. The molecule has 0 fully saturated rings. The predicted octanol–water partition coefficient (Wildman–Crippen LogP) is 24.3. The van der Waals surface area contributed by atoms with Crippen LogP contribution in [0.15, 0.2) is 0 Å². The first kappa shape index (κ1) is 98.1. The van der Waals surface area contributed by atoms with Gasteiger partial charge in [-0.25, -0.2) is 9.13 Å². The van der Waals surface area contributed by atoms with Gasteiger partial charge in [-0.15, -0.1) is 0 Å². The highest BCUT2D eigenvalue weighted by molar-refractivity contribution is 7.47. The van der Waals surface area contributed by atoms with Gasteiger partial charge in [0.25, 0.3) is 0 Å². The zero-order chi connectivity index (χ0) is 73.5. The molecule has 0 heterocycles. The van der Waals surface area contributed by atoms with Gasteiger partial charge in [0.05, 0.1) is 26.4 Å². The lowest BCUT2D eigenvalue weighted by molar-refractivity contribution is -0.161. The lowest BCUT2D eigenvalue weighted by atomic mass is 10.0. The molecule has 17 nitrogen and oxygen atoms in total. The number of unbranched alkanes of at least 4 members (excludes halogenated alkanes) is 50. The first-order chi connectivity index (χ1) is 48.4. The summed E-state index contributed by atoms with van der Waals surface area (Å²) in [6, 6.07) is 0. The number of aliphatic hydroxyl groups excluding tert-OH is 1. The summed E-state index contributed by atoms with van der Waals surface area (Å²) in [5.41, 5.74) is 0. The number of hydrogen-bond donors (Lipinski definition) is 3. The second-order valence-electron chi connectivity index (χ2n) is 30.1. The van der Waals surface area contributed by atoms with Crippen LogP contribution in [0.3, 0.4) is 0 Å². The monoisotopic (exact) mass is 1470 g/mol. The molecule has 0 aliphatic heterocycles. The third-order valence-electron chi connectivity index (χ3n) is 19.0. The molecule has 0 aliphatic carbocycles. The molecule has 5 atom stereocenters. The van der Waals surface area contributed by atoms with Crippen molar-refractivity contribution in [1.82, 2.24) is 0 Å². The van der Waals surface area contributed by atoms with Crippen LogP contribution in [-0.4, -0.2) is 96.7 Å². The summed E-state index contributed by atoms with van der Waals surface area (Å²) in [7, 11) is -9.92. The minimum absolute atomic E-state index is 0.105. The lowest BCUT2D eigenvalue weighted by Crippen LogP contribution is -2.30. The van der Waals surface area contributed by atoms with Gasteiger partial charge < -0.3 is 33.8 Å². The van der Waals surface area contributed by atoms with Crippen molar-refractivity contribution in [2.75, 3.05) is 39.6 Å². The Balaban J connectivity index is 5.23. The number of ether oxygens (including phenoxy) is 4. The first-order valence-electron chi connectivity index (χ1n) is 42.0. The molecule has 100 heavy (non-hydrogen) atoms. The second kappa shape index (κ2) is 72.6. The number of phosphoric ester groups is 2. The fourth-order valence-electron chi connectivity index (χ4n) is 12.5. The minimum atomic E-state index is -4.96. The lowest BCUT2D eigenvalue weighted by Gasteiger charge is -2.21. The summed E-state index contributed by atoms with van der Waals surface area (Å²) in [5, 5.41) is 10.6. The molecule has 0 rings (SSSR count). The number of rotatable bonds is 80.